The van der Waals surface area contributed by atoms with E-state index in [2.05, 4.69) is 49.3 Å². The maximum absolute atomic E-state index is 12.0. The predicted octanol–water partition coefficient (Wildman–Crippen LogP) is 5.25. The molecule has 34 heavy (non-hydrogen) atoms. The average Bonchev–Trinajstić information content (AvgIpc) is 3.19. The Balaban J connectivity index is 1.40. The Bertz CT molecular complexity index is 1110. The summed E-state index contributed by atoms with van der Waals surface area (Å²) in [6.45, 7) is 12.6. The highest BCUT2D eigenvalue weighted by molar-refractivity contribution is 6.74. The molecule has 0 radical (unpaired) electrons. The largest absolute Gasteiger partial charge is 0.508 e. The molecule has 0 aliphatic carbocycles. The Hall–Kier alpha value is -2.91. The number of aromatic hydroxyl groups is 1. The van der Waals surface area contributed by atoms with Crippen molar-refractivity contribution in [2.45, 2.75) is 58.2 Å². The summed E-state index contributed by atoms with van der Waals surface area (Å²) >= 11 is 0. The number of phenols is 1. The molecule has 0 unspecified atom stereocenters. The lowest BCUT2D eigenvalue weighted by Gasteiger charge is -2.36. The van der Waals surface area contributed by atoms with Crippen molar-refractivity contribution in [2.75, 3.05) is 25.1 Å². The second-order valence-electron chi connectivity index (χ2n) is 9.90. The van der Waals surface area contributed by atoms with E-state index in [0.717, 1.165) is 24.0 Å². The number of unbranched alkanes of at least 4 members (excludes halogenated alkanes) is 1. The second-order valence-corrected chi connectivity index (χ2v) is 14.7. The van der Waals surface area contributed by atoms with Gasteiger partial charge in [-0.05, 0) is 54.7 Å². The van der Waals surface area contributed by atoms with Crippen LogP contribution < -0.4 is 5.32 Å². The standard InChI is InChI=1S/C25H36N4O4Si/c1-25(2,3)34(4,5)33-15-7-6-11-23(31)32-16-13-26-22-12-14-29-24(28-22)21(18-27-29)19-9-8-10-20(30)17-19/h8-10,12,14,17-18,30H,6-7,11,13,15-16H2,1-5H3,(H,26,28). The van der Waals surface area contributed by atoms with Crippen molar-refractivity contribution in [3.63, 3.8) is 0 Å². The normalized spacial score (nSPS) is 12.1. The summed E-state index contributed by atoms with van der Waals surface area (Å²) in [4.78, 5) is 16.6. The molecule has 9 heteroatoms. The lowest BCUT2D eigenvalue weighted by Crippen LogP contribution is -2.40. The number of ether oxygens (including phenoxy) is 1. The molecule has 1 aromatic carbocycles. The SMILES string of the molecule is CC(C)(C)[Si](C)(C)OCCCCC(=O)OCCNc1ccn2ncc(-c3cccc(O)c3)c2n1. The van der Waals surface area contributed by atoms with Crippen LogP contribution in [0.25, 0.3) is 16.8 Å². The number of hydrogen-bond acceptors (Lipinski definition) is 7. The molecule has 0 spiro atoms. The second kappa shape index (κ2) is 11.0. The Labute approximate surface area is 202 Å². The number of carbonyl (C=O) groups is 1. The molecule has 2 N–H and O–H groups in total. The van der Waals surface area contributed by atoms with E-state index >= 15 is 0 Å². The number of nitrogens with one attached hydrogen (secondary N) is 1. The summed E-state index contributed by atoms with van der Waals surface area (Å²) in [5, 5.41) is 17.5. The maximum Gasteiger partial charge on any atom is 0.305 e. The van der Waals surface area contributed by atoms with Crippen molar-refractivity contribution < 1.29 is 19.1 Å². The number of fused-ring (bicyclic) bond motifs is 1. The van der Waals surface area contributed by atoms with E-state index in [9.17, 15) is 9.90 Å². The van der Waals surface area contributed by atoms with Gasteiger partial charge >= 0.3 is 5.97 Å². The first kappa shape index (κ1) is 25.7. The third-order valence-corrected chi connectivity index (χ3v) is 10.8. The van der Waals surface area contributed by atoms with Gasteiger partial charge in [0.05, 0.1) is 12.7 Å². The van der Waals surface area contributed by atoms with Crippen molar-refractivity contribution in [3.8, 4) is 16.9 Å². The molecule has 0 fully saturated rings. The zero-order chi connectivity index (χ0) is 24.8. The van der Waals surface area contributed by atoms with Gasteiger partial charge in [-0.3, -0.25) is 4.79 Å². The van der Waals surface area contributed by atoms with Gasteiger partial charge < -0.3 is 19.6 Å². The first-order valence-electron chi connectivity index (χ1n) is 11.7. The minimum absolute atomic E-state index is 0.191. The highest BCUT2D eigenvalue weighted by Gasteiger charge is 2.36. The minimum atomic E-state index is -1.73. The smallest absolute Gasteiger partial charge is 0.305 e. The number of rotatable bonds is 11. The number of nitrogens with zero attached hydrogens (tertiary/aromatic N) is 3. The highest BCUT2D eigenvalue weighted by Crippen LogP contribution is 2.36. The van der Waals surface area contributed by atoms with Crippen LogP contribution in [0.4, 0.5) is 5.82 Å². The summed E-state index contributed by atoms with van der Waals surface area (Å²) in [5.41, 5.74) is 2.33. The topological polar surface area (TPSA) is 98.0 Å². The van der Waals surface area contributed by atoms with Crippen molar-refractivity contribution in [2.24, 2.45) is 0 Å². The first-order valence-corrected chi connectivity index (χ1v) is 14.6. The Morgan fingerprint density at radius 1 is 1.18 bits per heavy atom. The van der Waals surface area contributed by atoms with E-state index in [1.165, 1.54) is 0 Å². The Kier molecular flexibility index (Phi) is 8.32. The molecular formula is C25H36N4O4Si. The van der Waals surface area contributed by atoms with Crippen LogP contribution in [0.1, 0.15) is 40.0 Å². The van der Waals surface area contributed by atoms with Gasteiger partial charge in [-0.25, -0.2) is 9.50 Å². The molecule has 0 aliphatic heterocycles. The molecule has 0 bridgehead atoms. The van der Waals surface area contributed by atoms with Crippen LogP contribution in [0.3, 0.4) is 0 Å². The molecule has 2 aromatic heterocycles. The molecular weight excluding hydrogens is 448 g/mol. The zero-order valence-electron chi connectivity index (χ0n) is 20.8. The monoisotopic (exact) mass is 484 g/mol. The van der Waals surface area contributed by atoms with Crippen LogP contribution in [0, 0.1) is 0 Å². The van der Waals surface area contributed by atoms with Crippen LogP contribution in [-0.4, -0.2) is 53.7 Å². The molecule has 0 atom stereocenters. The van der Waals surface area contributed by atoms with Gasteiger partial charge in [-0.2, -0.15) is 5.10 Å². The molecule has 8 nitrogen and oxygen atoms in total. The van der Waals surface area contributed by atoms with Crippen molar-refractivity contribution in [1.29, 1.82) is 0 Å². The summed E-state index contributed by atoms with van der Waals surface area (Å²) < 4.78 is 13.2. The van der Waals surface area contributed by atoms with E-state index in [0.29, 0.717) is 31.0 Å². The third-order valence-electron chi connectivity index (χ3n) is 6.24. The van der Waals surface area contributed by atoms with Crippen molar-refractivity contribution in [1.82, 2.24) is 14.6 Å². The van der Waals surface area contributed by atoms with E-state index in [1.807, 2.05) is 18.3 Å². The van der Waals surface area contributed by atoms with Crippen LogP contribution in [-0.2, 0) is 14.0 Å². The molecule has 0 saturated carbocycles. The number of anilines is 1. The van der Waals surface area contributed by atoms with Gasteiger partial charge in [0.25, 0.3) is 0 Å². The summed E-state index contributed by atoms with van der Waals surface area (Å²) in [6.07, 6.45) is 5.55. The molecule has 3 aromatic rings. The molecule has 0 aliphatic rings. The fourth-order valence-electron chi connectivity index (χ4n) is 3.18. The average molecular weight is 485 g/mol. The Morgan fingerprint density at radius 2 is 1.97 bits per heavy atom. The van der Waals surface area contributed by atoms with Crippen LogP contribution in [0.5, 0.6) is 5.75 Å². The third kappa shape index (κ3) is 6.80. The summed E-state index contributed by atoms with van der Waals surface area (Å²) in [6, 6.07) is 8.80. The van der Waals surface area contributed by atoms with E-state index in [4.69, 9.17) is 9.16 Å². The first-order chi connectivity index (χ1) is 16.1. The van der Waals surface area contributed by atoms with Gasteiger partial charge in [0.1, 0.15) is 18.2 Å². The van der Waals surface area contributed by atoms with Gasteiger partial charge in [-0.15, -0.1) is 0 Å². The lowest BCUT2D eigenvalue weighted by atomic mass is 10.1. The van der Waals surface area contributed by atoms with E-state index in [1.54, 1.807) is 28.9 Å². The number of esters is 1. The zero-order valence-corrected chi connectivity index (χ0v) is 21.8. The number of benzene rings is 1. The van der Waals surface area contributed by atoms with Gasteiger partial charge in [-0.1, -0.05) is 32.9 Å². The van der Waals surface area contributed by atoms with Crippen LogP contribution in [0.15, 0.2) is 42.7 Å². The number of carbonyl (C=O) groups excluding carboxylic acids is 1. The maximum atomic E-state index is 12.0. The quantitative estimate of drug-likeness (QED) is 0.218. The molecule has 184 valence electrons. The van der Waals surface area contributed by atoms with E-state index in [-0.39, 0.29) is 23.4 Å². The van der Waals surface area contributed by atoms with Crippen LogP contribution in [0.2, 0.25) is 18.1 Å². The van der Waals surface area contributed by atoms with Crippen LogP contribution >= 0.6 is 0 Å². The predicted molar refractivity (Wildman–Crippen MR) is 137 cm³/mol. The van der Waals surface area contributed by atoms with E-state index < -0.39 is 8.32 Å². The number of aromatic nitrogens is 3. The van der Waals surface area contributed by atoms with Gasteiger partial charge in [0.2, 0.25) is 0 Å². The van der Waals surface area contributed by atoms with Gasteiger partial charge in [0.15, 0.2) is 14.0 Å². The highest BCUT2D eigenvalue weighted by atomic mass is 28.4. The molecule has 0 amide bonds. The van der Waals surface area contributed by atoms with Gasteiger partial charge in [0, 0.05) is 24.8 Å². The van der Waals surface area contributed by atoms with Crippen molar-refractivity contribution >= 4 is 25.8 Å². The summed E-state index contributed by atoms with van der Waals surface area (Å²) in [5.74, 6) is 0.656. The van der Waals surface area contributed by atoms with Crippen molar-refractivity contribution in [3.05, 3.63) is 42.7 Å². The fourth-order valence-corrected chi connectivity index (χ4v) is 4.26. The molecule has 3 rings (SSSR count). The molecule has 2 heterocycles. The molecule has 0 saturated heterocycles. The Morgan fingerprint density at radius 3 is 2.71 bits per heavy atom. The number of phenolic OH excluding ortho intramolecular Hbond substituents is 1. The number of hydrogen-bond donors (Lipinski definition) is 2. The summed E-state index contributed by atoms with van der Waals surface area (Å²) in [7, 11) is -1.73. The minimum Gasteiger partial charge on any atom is -0.508 e. The lowest BCUT2D eigenvalue weighted by molar-refractivity contribution is -0.143. The fraction of sp³-hybridized carbons (Fsp3) is 0.480.